The first-order valence-corrected chi connectivity index (χ1v) is 9.43. The molecule has 29 heavy (non-hydrogen) atoms. The maximum absolute atomic E-state index is 12.7. The predicted molar refractivity (Wildman–Crippen MR) is 113 cm³/mol. The Bertz CT molecular complexity index is 1250. The third-order valence-electron chi connectivity index (χ3n) is 5.21. The molecule has 150 valence electrons. The van der Waals surface area contributed by atoms with Crippen LogP contribution in [0.2, 0.25) is 0 Å². The van der Waals surface area contributed by atoms with Crippen molar-refractivity contribution in [2.75, 3.05) is 14.2 Å². The van der Waals surface area contributed by atoms with Crippen LogP contribution in [0.25, 0.3) is 28.0 Å². The van der Waals surface area contributed by atoms with Gasteiger partial charge in [-0.2, -0.15) is 5.10 Å². The van der Waals surface area contributed by atoms with Gasteiger partial charge in [-0.25, -0.2) is 14.5 Å². The zero-order valence-electron chi connectivity index (χ0n) is 17.2. The van der Waals surface area contributed by atoms with E-state index in [-0.39, 0.29) is 11.6 Å². The van der Waals surface area contributed by atoms with Crippen LogP contribution in [-0.4, -0.2) is 33.6 Å². The van der Waals surface area contributed by atoms with Gasteiger partial charge < -0.3 is 14.0 Å². The molecule has 2 aromatic carbocycles. The smallest absolute Gasteiger partial charge is 0.348 e. The highest BCUT2D eigenvalue weighted by Crippen LogP contribution is 2.38. The van der Waals surface area contributed by atoms with Crippen molar-refractivity contribution < 1.29 is 9.47 Å². The number of fused-ring (bicyclic) bond motifs is 1. The number of nitrogens with zero attached hydrogens (tertiary/aromatic N) is 3. The Labute approximate surface area is 168 Å². The largest absolute Gasteiger partial charge is 0.496 e. The van der Waals surface area contributed by atoms with E-state index < -0.39 is 0 Å². The van der Waals surface area contributed by atoms with Crippen molar-refractivity contribution in [3.63, 3.8) is 0 Å². The number of H-pyrrole nitrogens is 1. The molecule has 0 saturated heterocycles. The average Bonchev–Trinajstić information content (AvgIpc) is 3.29. The van der Waals surface area contributed by atoms with Crippen molar-refractivity contribution in [2.45, 2.75) is 19.8 Å². The highest BCUT2D eigenvalue weighted by molar-refractivity contribution is 5.82. The minimum absolute atomic E-state index is 0.231. The van der Waals surface area contributed by atoms with Crippen molar-refractivity contribution in [1.29, 1.82) is 0 Å². The first kappa shape index (κ1) is 18.9. The van der Waals surface area contributed by atoms with Gasteiger partial charge in [-0.15, -0.1) is 0 Å². The minimum atomic E-state index is -0.306. The molecule has 1 N–H and O–H groups in total. The second kappa shape index (κ2) is 7.16. The number of rotatable bonds is 5. The number of aryl methyl sites for hydroxylation is 1. The quantitative estimate of drug-likeness (QED) is 0.560. The molecule has 0 saturated carbocycles. The van der Waals surface area contributed by atoms with Crippen molar-refractivity contribution >= 4 is 10.9 Å². The Morgan fingerprint density at radius 1 is 1.03 bits per heavy atom. The molecular weight excluding hydrogens is 368 g/mol. The lowest BCUT2D eigenvalue weighted by atomic mass is 9.98. The van der Waals surface area contributed by atoms with Gasteiger partial charge in [0.15, 0.2) is 5.82 Å². The molecule has 2 heterocycles. The number of ether oxygens (including phenoxy) is 2. The van der Waals surface area contributed by atoms with Crippen LogP contribution in [0.4, 0.5) is 0 Å². The molecule has 4 rings (SSSR count). The van der Waals surface area contributed by atoms with Gasteiger partial charge in [0.1, 0.15) is 11.5 Å². The Hall–Kier alpha value is -3.48. The first-order chi connectivity index (χ1) is 13.9. The maximum Gasteiger partial charge on any atom is 0.348 e. The lowest BCUT2D eigenvalue weighted by Gasteiger charge is -2.17. The van der Waals surface area contributed by atoms with E-state index >= 15 is 0 Å². The van der Waals surface area contributed by atoms with E-state index in [0.29, 0.717) is 11.6 Å². The van der Waals surface area contributed by atoms with Crippen molar-refractivity contribution in [3.05, 3.63) is 58.6 Å². The fourth-order valence-electron chi connectivity index (χ4n) is 3.67. The number of hydrogen-bond acceptors (Lipinski definition) is 4. The van der Waals surface area contributed by atoms with E-state index in [1.807, 2.05) is 54.2 Å². The Morgan fingerprint density at radius 2 is 1.79 bits per heavy atom. The second-order valence-corrected chi connectivity index (χ2v) is 7.31. The molecule has 0 atom stereocenters. The Balaban J connectivity index is 1.95. The zero-order valence-corrected chi connectivity index (χ0v) is 17.2. The molecule has 0 spiro atoms. The lowest BCUT2D eigenvalue weighted by molar-refractivity contribution is 0.390. The molecular formula is C22H24N4O3. The van der Waals surface area contributed by atoms with Crippen LogP contribution in [0.1, 0.15) is 25.3 Å². The first-order valence-electron chi connectivity index (χ1n) is 9.43. The molecule has 0 aliphatic rings. The normalized spacial score (nSPS) is 11.4. The van der Waals surface area contributed by atoms with Gasteiger partial charge in [0, 0.05) is 30.2 Å². The number of hydrogen-bond donors (Lipinski definition) is 1. The van der Waals surface area contributed by atoms with Crippen LogP contribution in [0.15, 0.2) is 47.4 Å². The van der Waals surface area contributed by atoms with Crippen LogP contribution in [0.3, 0.4) is 0 Å². The van der Waals surface area contributed by atoms with E-state index in [2.05, 4.69) is 24.0 Å². The number of aromatic amines is 1. The minimum Gasteiger partial charge on any atom is -0.496 e. The number of aromatic nitrogens is 4. The molecule has 7 nitrogen and oxygen atoms in total. The van der Waals surface area contributed by atoms with Crippen LogP contribution >= 0.6 is 0 Å². The molecule has 0 fully saturated rings. The highest BCUT2D eigenvalue weighted by Gasteiger charge is 2.21. The van der Waals surface area contributed by atoms with E-state index in [9.17, 15) is 4.79 Å². The van der Waals surface area contributed by atoms with Crippen LogP contribution < -0.4 is 15.2 Å². The number of benzene rings is 2. The Kier molecular flexibility index (Phi) is 4.66. The van der Waals surface area contributed by atoms with Crippen molar-refractivity contribution in [3.8, 4) is 28.6 Å². The zero-order chi connectivity index (χ0) is 20.7. The molecule has 0 unspecified atom stereocenters. The molecule has 2 aromatic heterocycles. The monoisotopic (exact) mass is 392 g/mol. The van der Waals surface area contributed by atoms with Crippen LogP contribution in [0.5, 0.6) is 11.5 Å². The summed E-state index contributed by atoms with van der Waals surface area (Å²) in [5.74, 6) is 2.06. The standard InChI is InChI=1S/C22H24N4O3/c1-13(2)16-11-17(20(29-5)12-19(16)28-4)21-23-24-22(27)26(21)15-6-7-18-14(10-15)8-9-25(18)3/h6-13H,1-5H3,(H,24,27). The van der Waals surface area contributed by atoms with Gasteiger partial charge in [0.2, 0.25) is 0 Å². The van der Waals surface area contributed by atoms with Gasteiger partial charge in [-0.05, 0) is 41.8 Å². The van der Waals surface area contributed by atoms with E-state index in [1.54, 1.807) is 18.8 Å². The molecule has 0 radical (unpaired) electrons. The number of methoxy groups -OCH3 is 2. The molecule has 0 bridgehead atoms. The third-order valence-corrected chi connectivity index (χ3v) is 5.21. The van der Waals surface area contributed by atoms with Crippen molar-refractivity contribution in [2.24, 2.45) is 7.05 Å². The Morgan fingerprint density at radius 3 is 2.48 bits per heavy atom. The van der Waals surface area contributed by atoms with Gasteiger partial charge in [0.05, 0.1) is 25.5 Å². The molecule has 0 aliphatic carbocycles. The summed E-state index contributed by atoms with van der Waals surface area (Å²) in [5.41, 5.74) is 3.27. The average molecular weight is 392 g/mol. The summed E-state index contributed by atoms with van der Waals surface area (Å²) >= 11 is 0. The molecule has 4 aromatic rings. The van der Waals surface area contributed by atoms with E-state index in [1.165, 1.54) is 0 Å². The fraction of sp³-hybridized carbons (Fsp3) is 0.273. The van der Waals surface area contributed by atoms with E-state index in [4.69, 9.17) is 9.47 Å². The molecule has 7 heteroatoms. The third kappa shape index (κ3) is 3.08. The van der Waals surface area contributed by atoms with Crippen molar-refractivity contribution in [1.82, 2.24) is 19.3 Å². The second-order valence-electron chi connectivity index (χ2n) is 7.31. The SMILES string of the molecule is COc1cc(OC)c(C(C)C)cc1-c1n[nH]c(=O)n1-c1ccc2c(ccn2C)c1. The van der Waals surface area contributed by atoms with Gasteiger partial charge in [0.25, 0.3) is 0 Å². The predicted octanol–water partition coefficient (Wildman–Crippen LogP) is 3.86. The summed E-state index contributed by atoms with van der Waals surface area (Å²) in [5, 5.41) is 7.94. The fourth-order valence-corrected chi connectivity index (χ4v) is 3.67. The molecule has 0 aliphatic heterocycles. The van der Waals surface area contributed by atoms with Gasteiger partial charge in [-0.1, -0.05) is 13.8 Å². The summed E-state index contributed by atoms with van der Waals surface area (Å²) in [6.45, 7) is 4.18. The summed E-state index contributed by atoms with van der Waals surface area (Å²) in [6.07, 6.45) is 1.99. The van der Waals surface area contributed by atoms with E-state index in [0.717, 1.165) is 33.5 Å². The topological polar surface area (TPSA) is 74.1 Å². The maximum atomic E-state index is 12.7. The summed E-state index contributed by atoms with van der Waals surface area (Å²) in [6, 6.07) is 11.7. The van der Waals surface area contributed by atoms with Gasteiger partial charge >= 0.3 is 5.69 Å². The summed E-state index contributed by atoms with van der Waals surface area (Å²) < 4.78 is 14.7. The summed E-state index contributed by atoms with van der Waals surface area (Å²) in [4.78, 5) is 12.7. The number of nitrogens with one attached hydrogen (secondary N) is 1. The highest BCUT2D eigenvalue weighted by atomic mass is 16.5. The molecule has 0 amide bonds. The van der Waals surface area contributed by atoms with Crippen LogP contribution in [-0.2, 0) is 7.05 Å². The van der Waals surface area contributed by atoms with Gasteiger partial charge in [-0.3, -0.25) is 0 Å². The summed E-state index contributed by atoms with van der Waals surface area (Å²) in [7, 11) is 5.23. The lowest BCUT2D eigenvalue weighted by Crippen LogP contribution is -2.16. The van der Waals surface area contributed by atoms with Crippen LogP contribution in [0, 0.1) is 0 Å².